The largest absolute Gasteiger partial charge is 0.369 e. The third-order valence-electron chi connectivity index (χ3n) is 6.39. The van der Waals surface area contributed by atoms with Crippen LogP contribution in [0.1, 0.15) is 18.4 Å². The van der Waals surface area contributed by atoms with E-state index >= 15 is 0 Å². The Labute approximate surface area is 173 Å². The van der Waals surface area contributed by atoms with Crippen LogP contribution < -0.4 is 10.2 Å². The van der Waals surface area contributed by atoms with E-state index < -0.39 is 0 Å². The molecule has 0 aromatic carbocycles. The second-order valence-corrected chi connectivity index (χ2v) is 9.48. The Kier molecular flexibility index (Phi) is 4.80. The van der Waals surface area contributed by atoms with Crippen LogP contribution in [0.4, 0.5) is 5.82 Å². The smallest absolute Gasteiger partial charge is 0.224 e. The minimum Gasteiger partial charge on any atom is -0.369 e. The molecule has 4 atom stereocenters. The molecular formula is C20H24N4O2S2. The van der Waals surface area contributed by atoms with Gasteiger partial charge in [-0.15, -0.1) is 0 Å². The third kappa shape index (κ3) is 3.21. The van der Waals surface area contributed by atoms with Gasteiger partial charge in [-0.2, -0.15) is 11.3 Å². The second kappa shape index (κ2) is 7.31. The fourth-order valence-corrected chi connectivity index (χ4v) is 6.14. The van der Waals surface area contributed by atoms with Crippen molar-refractivity contribution in [2.75, 3.05) is 30.8 Å². The topological polar surface area (TPSA) is 67.4 Å². The van der Waals surface area contributed by atoms with Gasteiger partial charge in [0.15, 0.2) is 5.16 Å². The Balaban J connectivity index is 1.26. The Bertz CT molecular complexity index is 862. The summed E-state index contributed by atoms with van der Waals surface area (Å²) in [7, 11) is 0. The van der Waals surface area contributed by atoms with Gasteiger partial charge in [-0.3, -0.25) is 4.79 Å². The van der Waals surface area contributed by atoms with Gasteiger partial charge in [0, 0.05) is 37.7 Å². The number of thiophene rings is 1. The monoisotopic (exact) mass is 416 g/mol. The van der Waals surface area contributed by atoms with Gasteiger partial charge in [0.25, 0.3) is 0 Å². The summed E-state index contributed by atoms with van der Waals surface area (Å²) >= 11 is 3.19. The molecule has 3 aliphatic rings. The molecule has 148 valence electrons. The van der Waals surface area contributed by atoms with Gasteiger partial charge >= 0.3 is 0 Å². The maximum absolute atomic E-state index is 12.3. The average Bonchev–Trinajstić information content (AvgIpc) is 3.47. The van der Waals surface area contributed by atoms with Crippen LogP contribution in [0.2, 0.25) is 0 Å². The zero-order chi connectivity index (χ0) is 19.1. The molecule has 28 heavy (non-hydrogen) atoms. The zero-order valence-corrected chi connectivity index (χ0v) is 17.5. The summed E-state index contributed by atoms with van der Waals surface area (Å²) in [5.74, 6) is 1.91. The zero-order valence-electron chi connectivity index (χ0n) is 15.8. The first-order valence-corrected chi connectivity index (χ1v) is 11.9. The van der Waals surface area contributed by atoms with Crippen molar-refractivity contribution in [2.45, 2.75) is 36.1 Å². The quantitative estimate of drug-likeness (QED) is 0.577. The van der Waals surface area contributed by atoms with E-state index in [1.165, 1.54) is 0 Å². The Morgan fingerprint density at radius 3 is 3.25 bits per heavy atom. The summed E-state index contributed by atoms with van der Waals surface area (Å²) in [5.41, 5.74) is 1.02. The molecule has 5 rings (SSSR count). The Hall–Kier alpha value is -1.64. The number of hydrogen-bond acceptors (Lipinski definition) is 7. The van der Waals surface area contributed by atoms with Crippen LogP contribution in [0.15, 0.2) is 34.2 Å². The average molecular weight is 417 g/mol. The lowest BCUT2D eigenvalue weighted by molar-refractivity contribution is -0.120. The van der Waals surface area contributed by atoms with Gasteiger partial charge < -0.3 is 15.0 Å². The van der Waals surface area contributed by atoms with Crippen molar-refractivity contribution in [1.29, 1.82) is 0 Å². The summed E-state index contributed by atoms with van der Waals surface area (Å²) in [6.07, 6.45) is 6.77. The number of ether oxygens (including phenoxy) is 1. The van der Waals surface area contributed by atoms with Gasteiger partial charge in [-0.05, 0) is 47.6 Å². The van der Waals surface area contributed by atoms with Crippen molar-refractivity contribution in [2.24, 2.45) is 11.8 Å². The summed E-state index contributed by atoms with van der Waals surface area (Å²) in [6.45, 7) is 2.53. The predicted molar refractivity (Wildman–Crippen MR) is 111 cm³/mol. The maximum atomic E-state index is 12.3. The summed E-state index contributed by atoms with van der Waals surface area (Å²) < 4.78 is 6.50. The van der Waals surface area contributed by atoms with Crippen LogP contribution in [0.25, 0.3) is 0 Å². The van der Waals surface area contributed by atoms with E-state index in [1.54, 1.807) is 23.1 Å². The maximum Gasteiger partial charge on any atom is 0.224 e. The predicted octanol–water partition coefficient (Wildman–Crippen LogP) is 2.60. The number of carbonyl (C=O) groups is 1. The van der Waals surface area contributed by atoms with Crippen molar-refractivity contribution in [3.63, 3.8) is 0 Å². The molecule has 0 unspecified atom stereocenters. The normalized spacial score (nSPS) is 30.6. The number of nitrogens with one attached hydrogen (secondary N) is 1. The van der Waals surface area contributed by atoms with E-state index in [-0.39, 0.29) is 17.6 Å². The summed E-state index contributed by atoms with van der Waals surface area (Å²) in [4.78, 5) is 23.6. The number of aromatic nitrogens is 2. The van der Waals surface area contributed by atoms with Gasteiger partial charge in [-0.25, -0.2) is 9.97 Å². The first kappa shape index (κ1) is 18.4. The molecule has 6 nitrogen and oxygen atoms in total. The third-order valence-corrected chi connectivity index (χ3v) is 7.68. The highest BCUT2D eigenvalue weighted by Crippen LogP contribution is 2.55. The Morgan fingerprint density at radius 2 is 2.43 bits per heavy atom. The van der Waals surface area contributed by atoms with Crippen LogP contribution in [-0.4, -0.2) is 53.5 Å². The van der Waals surface area contributed by atoms with Crippen LogP contribution in [0.5, 0.6) is 0 Å². The van der Waals surface area contributed by atoms with Crippen LogP contribution in [-0.2, 0) is 16.0 Å². The molecule has 3 fully saturated rings. The van der Waals surface area contributed by atoms with E-state index in [9.17, 15) is 4.79 Å². The SMILES string of the molecule is CSc1nccc(N2C[C@@H]3[C@H](CNC(=O)Cc4ccsc4)[C@H]4CC[C@]3(C2)O4)n1. The lowest BCUT2D eigenvalue weighted by Crippen LogP contribution is -2.42. The number of nitrogens with zero attached hydrogens (tertiary/aromatic N) is 3. The minimum atomic E-state index is -0.0715. The molecule has 8 heteroatoms. The minimum absolute atomic E-state index is 0.0715. The molecule has 0 aliphatic carbocycles. The Morgan fingerprint density at radius 1 is 1.50 bits per heavy atom. The van der Waals surface area contributed by atoms with E-state index in [0.717, 1.165) is 42.5 Å². The first-order valence-electron chi connectivity index (χ1n) is 9.74. The molecule has 1 spiro atoms. The van der Waals surface area contributed by atoms with Crippen LogP contribution in [0, 0.1) is 11.8 Å². The van der Waals surface area contributed by atoms with Crippen molar-refractivity contribution >= 4 is 34.8 Å². The number of rotatable bonds is 6. The van der Waals surface area contributed by atoms with E-state index in [2.05, 4.69) is 20.2 Å². The van der Waals surface area contributed by atoms with Gasteiger partial charge in [0.1, 0.15) is 5.82 Å². The highest BCUT2D eigenvalue weighted by Gasteiger charge is 2.63. The molecule has 1 N–H and O–H groups in total. The molecule has 3 aliphatic heterocycles. The molecule has 0 radical (unpaired) electrons. The fourth-order valence-electron chi connectivity index (χ4n) is 5.12. The van der Waals surface area contributed by atoms with Crippen molar-refractivity contribution in [3.8, 4) is 0 Å². The molecule has 1 amide bonds. The number of carbonyl (C=O) groups excluding carboxylic acids is 1. The van der Waals surface area contributed by atoms with Crippen molar-refractivity contribution in [1.82, 2.24) is 15.3 Å². The number of anilines is 1. The molecule has 0 saturated carbocycles. The van der Waals surface area contributed by atoms with Gasteiger partial charge in [0.05, 0.1) is 18.1 Å². The summed E-state index contributed by atoms with van der Waals surface area (Å²) in [6, 6.07) is 4.00. The fraction of sp³-hybridized carbons (Fsp3) is 0.550. The molecule has 2 aromatic heterocycles. The van der Waals surface area contributed by atoms with Gasteiger partial charge in [0.2, 0.25) is 5.91 Å². The lowest BCUT2D eigenvalue weighted by Gasteiger charge is -2.29. The van der Waals surface area contributed by atoms with Crippen LogP contribution >= 0.6 is 23.1 Å². The number of fused-ring (bicyclic) bond motifs is 1. The van der Waals surface area contributed by atoms with E-state index in [4.69, 9.17) is 4.74 Å². The van der Waals surface area contributed by atoms with Crippen LogP contribution in [0.3, 0.4) is 0 Å². The van der Waals surface area contributed by atoms with Crippen molar-refractivity contribution in [3.05, 3.63) is 34.7 Å². The molecule has 5 heterocycles. The molecule has 2 aromatic rings. The van der Waals surface area contributed by atoms with Gasteiger partial charge in [-0.1, -0.05) is 11.8 Å². The standard InChI is InChI=1S/C20H24N4O2S2/c1-27-19-21-6-3-17(23-19)24-10-15-14(16-2-5-20(15,12-24)26-16)9-22-18(25)8-13-4-7-28-11-13/h3-4,6-7,11,14-16H,2,5,8-10,12H2,1H3,(H,22,25)/t14-,15+,16+,20+/m0/s1. The number of hydrogen-bond donors (Lipinski definition) is 1. The highest BCUT2D eigenvalue weighted by atomic mass is 32.2. The molecule has 2 bridgehead atoms. The number of thioether (sulfide) groups is 1. The second-order valence-electron chi connectivity index (χ2n) is 7.92. The number of amides is 1. The first-order chi connectivity index (χ1) is 13.7. The van der Waals surface area contributed by atoms with Crippen molar-refractivity contribution < 1.29 is 9.53 Å². The highest BCUT2D eigenvalue weighted by molar-refractivity contribution is 7.98. The summed E-state index contributed by atoms with van der Waals surface area (Å²) in [5, 5.41) is 8.02. The molecule has 3 saturated heterocycles. The van der Waals surface area contributed by atoms with E-state index in [0.29, 0.717) is 24.8 Å². The lowest BCUT2D eigenvalue weighted by atomic mass is 9.73. The molecular weight excluding hydrogens is 392 g/mol. The van der Waals surface area contributed by atoms with E-state index in [1.807, 2.05) is 35.3 Å².